The molecule has 132 valence electrons. The van der Waals surface area contributed by atoms with Crippen LogP contribution in [0.3, 0.4) is 0 Å². The first kappa shape index (κ1) is 17.5. The summed E-state index contributed by atoms with van der Waals surface area (Å²) in [6, 6.07) is 9.35. The number of hydrogen-bond donors (Lipinski definition) is 0. The third kappa shape index (κ3) is 3.26. The van der Waals surface area contributed by atoms with Gasteiger partial charge >= 0.3 is 10.1 Å². The number of ether oxygens (including phenoxy) is 1. The number of Topliss-reactive ketones (excluding diaryl/α,β-unsaturated/α-hetero) is 1. The van der Waals surface area contributed by atoms with E-state index in [1.807, 2.05) is 20.8 Å². The average molecular weight is 360 g/mol. The summed E-state index contributed by atoms with van der Waals surface area (Å²) in [4.78, 5) is 12.3. The fraction of sp³-hybridized carbons (Fsp3) is 0.316. The predicted molar refractivity (Wildman–Crippen MR) is 94.0 cm³/mol. The van der Waals surface area contributed by atoms with Gasteiger partial charge in [-0.15, -0.1) is 0 Å². The Bertz CT molecular complexity index is 914. The molecule has 0 N–H and O–H groups in total. The van der Waals surface area contributed by atoms with E-state index < -0.39 is 10.1 Å². The molecule has 0 amide bonds. The van der Waals surface area contributed by atoms with Gasteiger partial charge in [0.2, 0.25) is 0 Å². The van der Waals surface area contributed by atoms with Crippen molar-refractivity contribution in [1.29, 1.82) is 0 Å². The predicted octanol–water partition coefficient (Wildman–Crippen LogP) is 3.85. The van der Waals surface area contributed by atoms with Crippen LogP contribution in [0.5, 0.6) is 11.5 Å². The van der Waals surface area contributed by atoms with Crippen molar-refractivity contribution in [2.45, 2.75) is 38.0 Å². The van der Waals surface area contributed by atoms with Crippen LogP contribution < -0.4 is 8.92 Å². The van der Waals surface area contributed by atoms with Gasteiger partial charge in [-0.1, -0.05) is 13.0 Å². The van der Waals surface area contributed by atoms with E-state index in [-0.39, 0.29) is 22.3 Å². The summed E-state index contributed by atoms with van der Waals surface area (Å²) in [6.07, 6.45) is 0.375. The van der Waals surface area contributed by atoms with Gasteiger partial charge in [-0.3, -0.25) is 4.79 Å². The van der Waals surface area contributed by atoms with Gasteiger partial charge in [0, 0.05) is 6.42 Å². The fourth-order valence-electron chi connectivity index (χ4n) is 3.21. The van der Waals surface area contributed by atoms with Crippen molar-refractivity contribution in [2.24, 2.45) is 0 Å². The standard InChI is InChI=1S/C19H20O5S/c1-4-23-14-6-8-15(9-7-14)25(21,22)24-17-10-5-12(2)18-13(3)11-16(20)19(17)18/h5-10,13H,4,11H2,1-3H3. The van der Waals surface area contributed by atoms with Gasteiger partial charge in [-0.05, 0) is 61.2 Å². The number of carbonyl (C=O) groups excluding carboxylic acids is 1. The summed E-state index contributed by atoms with van der Waals surface area (Å²) < 4.78 is 35.8. The number of carbonyl (C=O) groups is 1. The maximum absolute atomic E-state index is 12.6. The highest BCUT2D eigenvalue weighted by Gasteiger charge is 2.32. The Kier molecular flexibility index (Phi) is 4.56. The molecule has 0 bridgehead atoms. The summed E-state index contributed by atoms with van der Waals surface area (Å²) in [5.74, 6) is 0.674. The van der Waals surface area contributed by atoms with Gasteiger partial charge in [0.05, 0.1) is 12.2 Å². The van der Waals surface area contributed by atoms with Crippen LogP contribution in [-0.2, 0) is 10.1 Å². The second-order valence-corrected chi connectivity index (χ2v) is 7.69. The summed E-state index contributed by atoms with van der Waals surface area (Å²) in [5, 5.41) is 0. The van der Waals surface area contributed by atoms with Gasteiger partial charge in [-0.25, -0.2) is 0 Å². The summed E-state index contributed by atoms with van der Waals surface area (Å²) >= 11 is 0. The number of benzene rings is 2. The Morgan fingerprint density at radius 3 is 2.44 bits per heavy atom. The molecule has 0 aliphatic heterocycles. The Labute approximate surface area is 147 Å². The summed E-state index contributed by atoms with van der Waals surface area (Å²) in [5.41, 5.74) is 2.24. The van der Waals surface area contributed by atoms with Crippen molar-refractivity contribution >= 4 is 15.9 Å². The summed E-state index contributed by atoms with van der Waals surface area (Å²) in [7, 11) is -4.03. The van der Waals surface area contributed by atoms with Gasteiger partial charge in [0.15, 0.2) is 11.5 Å². The Balaban J connectivity index is 1.96. The molecule has 0 aromatic heterocycles. The Hall–Kier alpha value is -2.34. The molecule has 5 nitrogen and oxygen atoms in total. The van der Waals surface area contributed by atoms with E-state index in [1.54, 1.807) is 24.3 Å². The lowest BCUT2D eigenvalue weighted by Gasteiger charge is -2.13. The molecule has 0 heterocycles. The van der Waals surface area contributed by atoms with E-state index in [0.29, 0.717) is 24.3 Å². The van der Waals surface area contributed by atoms with E-state index in [4.69, 9.17) is 8.92 Å². The van der Waals surface area contributed by atoms with Crippen molar-refractivity contribution in [2.75, 3.05) is 6.61 Å². The van der Waals surface area contributed by atoms with Crippen LogP contribution in [0.4, 0.5) is 0 Å². The van der Waals surface area contributed by atoms with Gasteiger partial charge in [0.25, 0.3) is 0 Å². The zero-order valence-electron chi connectivity index (χ0n) is 14.4. The average Bonchev–Trinajstić information content (AvgIpc) is 2.87. The first-order chi connectivity index (χ1) is 11.8. The molecule has 3 rings (SSSR count). The largest absolute Gasteiger partial charge is 0.494 e. The molecule has 0 fully saturated rings. The zero-order valence-corrected chi connectivity index (χ0v) is 15.2. The molecule has 1 atom stereocenters. The minimum absolute atomic E-state index is 0.0174. The number of ketones is 1. The topological polar surface area (TPSA) is 69.7 Å². The van der Waals surface area contributed by atoms with E-state index in [9.17, 15) is 13.2 Å². The van der Waals surface area contributed by atoms with Crippen molar-refractivity contribution in [3.05, 3.63) is 53.1 Å². The van der Waals surface area contributed by atoms with Crippen LogP contribution >= 0.6 is 0 Å². The number of rotatable bonds is 5. The molecule has 1 aliphatic rings. The van der Waals surface area contributed by atoms with E-state index in [1.165, 1.54) is 12.1 Å². The lowest BCUT2D eigenvalue weighted by atomic mass is 9.98. The van der Waals surface area contributed by atoms with Crippen LogP contribution in [0.2, 0.25) is 0 Å². The first-order valence-corrected chi connectivity index (χ1v) is 9.58. The van der Waals surface area contributed by atoms with Gasteiger partial charge in [0.1, 0.15) is 10.6 Å². The van der Waals surface area contributed by atoms with Gasteiger partial charge in [-0.2, -0.15) is 8.42 Å². The van der Waals surface area contributed by atoms with Crippen molar-refractivity contribution in [3.63, 3.8) is 0 Å². The maximum atomic E-state index is 12.6. The highest BCUT2D eigenvalue weighted by atomic mass is 32.2. The molecular formula is C19H20O5S. The molecule has 0 saturated heterocycles. The third-order valence-corrected chi connectivity index (χ3v) is 5.56. The molecule has 25 heavy (non-hydrogen) atoms. The molecule has 0 radical (unpaired) electrons. The smallest absolute Gasteiger partial charge is 0.339 e. The minimum atomic E-state index is -4.03. The van der Waals surface area contributed by atoms with Crippen LogP contribution in [0.1, 0.15) is 47.7 Å². The summed E-state index contributed by atoms with van der Waals surface area (Å²) in [6.45, 7) is 6.22. The highest BCUT2D eigenvalue weighted by molar-refractivity contribution is 7.87. The molecular weight excluding hydrogens is 340 g/mol. The number of aryl methyl sites for hydroxylation is 1. The van der Waals surface area contributed by atoms with Crippen LogP contribution in [-0.4, -0.2) is 20.8 Å². The van der Waals surface area contributed by atoms with Crippen LogP contribution in [0.15, 0.2) is 41.3 Å². The molecule has 1 unspecified atom stereocenters. The molecule has 0 spiro atoms. The molecule has 0 saturated carbocycles. The number of hydrogen-bond acceptors (Lipinski definition) is 5. The van der Waals surface area contributed by atoms with Crippen molar-refractivity contribution in [3.8, 4) is 11.5 Å². The highest BCUT2D eigenvalue weighted by Crippen LogP contribution is 2.40. The second-order valence-electron chi connectivity index (χ2n) is 6.14. The zero-order chi connectivity index (χ0) is 18.2. The van der Waals surface area contributed by atoms with E-state index in [0.717, 1.165) is 11.1 Å². The molecule has 2 aromatic rings. The Morgan fingerprint density at radius 1 is 1.12 bits per heavy atom. The fourth-order valence-corrected chi connectivity index (χ4v) is 4.15. The molecule has 6 heteroatoms. The third-order valence-electron chi connectivity index (χ3n) is 4.31. The van der Waals surface area contributed by atoms with E-state index in [2.05, 4.69) is 0 Å². The van der Waals surface area contributed by atoms with Crippen LogP contribution in [0, 0.1) is 6.92 Å². The molecule has 1 aliphatic carbocycles. The SMILES string of the molecule is CCOc1ccc(S(=O)(=O)Oc2ccc(C)c3c2C(=O)CC3C)cc1. The number of fused-ring (bicyclic) bond motifs is 1. The quantitative estimate of drug-likeness (QED) is 0.758. The molecule has 2 aromatic carbocycles. The van der Waals surface area contributed by atoms with E-state index >= 15 is 0 Å². The van der Waals surface area contributed by atoms with Crippen molar-refractivity contribution < 1.29 is 22.1 Å². The minimum Gasteiger partial charge on any atom is -0.494 e. The van der Waals surface area contributed by atoms with Crippen molar-refractivity contribution in [1.82, 2.24) is 0 Å². The Morgan fingerprint density at radius 2 is 1.80 bits per heavy atom. The maximum Gasteiger partial charge on any atom is 0.339 e. The normalized spacial score (nSPS) is 16.6. The van der Waals surface area contributed by atoms with Gasteiger partial charge < -0.3 is 8.92 Å². The lowest BCUT2D eigenvalue weighted by molar-refractivity contribution is 0.0989. The second kappa shape index (κ2) is 6.52. The van der Waals surface area contributed by atoms with Crippen LogP contribution in [0.25, 0.3) is 0 Å². The lowest BCUT2D eigenvalue weighted by Crippen LogP contribution is -2.12. The first-order valence-electron chi connectivity index (χ1n) is 8.17. The monoisotopic (exact) mass is 360 g/mol.